The Balaban J connectivity index is 2.29. The lowest BCUT2D eigenvalue weighted by Crippen LogP contribution is -2.02. The molecular weight excluding hydrogens is 277 g/mol. The highest BCUT2D eigenvalue weighted by Crippen LogP contribution is 2.23. The van der Waals surface area contributed by atoms with Gasteiger partial charge in [-0.25, -0.2) is 0 Å². The molecule has 2 rings (SSSR count). The summed E-state index contributed by atoms with van der Waals surface area (Å²) in [5.74, 6) is -0.347. The summed E-state index contributed by atoms with van der Waals surface area (Å²) in [5.41, 5.74) is 1.88. The highest BCUT2D eigenvalue weighted by molar-refractivity contribution is 6.32. The zero-order valence-corrected chi connectivity index (χ0v) is 10.9. The van der Waals surface area contributed by atoms with E-state index in [1.165, 1.54) is 10.9 Å². The van der Waals surface area contributed by atoms with Gasteiger partial charge in [-0.1, -0.05) is 35.3 Å². The average Bonchev–Trinajstić information content (AvgIpc) is 2.64. The molecule has 0 unspecified atom stereocenters. The number of rotatable bonds is 3. The summed E-state index contributed by atoms with van der Waals surface area (Å²) in [7, 11) is 0. The van der Waals surface area contributed by atoms with Gasteiger partial charge in [-0.05, 0) is 29.0 Å². The van der Waals surface area contributed by atoms with Gasteiger partial charge < -0.3 is 10.1 Å². The van der Waals surface area contributed by atoms with E-state index in [-0.39, 0.29) is 10.8 Å². The van der Waals surface area contributed by atoms with Crippen molar-refractivity contribution >= 4 is 29.0 Å². The van der Waals surface area contributed by atoms with Crippen LogP contribution in [0.1, 0.15) is 11.1 Å². The van der Waals surface area contributed by atoms with Crippen molar-refractivity contribution in [3.8, 4) is 0 Å². The largest absolute Gasteiger partial charge is 0.408 e. The van der Waals surface area contributed by atoms with E-state index in [4.69, 9.17) is 23.2 Å². The van der Waals surface area contributed by atoms with Gasteiger partial charge in [0.15, 0.2) is 5.02 Å². The third-order valence-electron chi connectivity index (χ3n) is 2.41. The number of aryl methyl sites for hydroxylation is 1. The van der Waals surface area contributed by atoms with Crippen molar-refractivity contribution in [2.45, 2.75) is 13.5 Å². The van der Waals surface area contributed by atoms with E-state index >= 15 is 0 Å². The summed E-state index contributed by atoms with van der Waals surface area (Å²) in [6.45, 7) is 2.28. The second-order valence-electron chi connectivity index (χ2n) is 3.85. The number of hydrogen-bond acceptors (Lipinski definition) is 3. The normalized spacial score (nSPS) is 10.6. The van der Waals surface area contributed by atoms with Crippen molar-refractivity contribution in [1.82, 2.24) is 9.78 Å². The molecule has 0 N–H and O–H groups in total. The third-order valence-corrected chi connectivity index (χ3v) is 3.03. The van der Waals surface area contributed by atoms with Crippen molar-refractivity contribution in [2.24, 2.45) is 0 Å². The van der Waals surface area contributed by atoms with Crippen molar-refractivity contribution < 1.29 is 4.92 Å². The van der Waals surface area contributed by atoms with E-state index in [0.717, 1.165) is 11.1 Å². The Kier molecular flexibility index (Phi) is 3.54. The smallest absolute Gasteiger partial charge is 0.358 e. The van der Waals surface area contributed by atoms with Crippen LogP contribution in [0.25, 0.3) is 0 Å². The van der Waals surface area contributed by atoms with Crippen molar-refractivity contribution in [1.29, 1.82) is 0 Å². The van der Waals surface area contributed by atoms with Crippen LogP contribution < -0.4 is 0 Å². The first-order chi connectivity index (χ1) is 8.47. The van der Waals surface area contributed by atoms with Crippen LogP contribution in [0.2, 0.25) is 10.0 Å². The molecule has 0 aliphatic rings. The van der Waals surface area contributed by atoms with Crippen LogP contribution in [0.15, 0.2) is 24.4 Å². The third kappa shape index (κ3) is 2.63. The number of aromatic nitrogens is 2. The molecule has 0 saturated heterocycles. The first-order valence-electron chi connectivity index (χ1n) is 5.10. The number of halogens is 2. The van der Waals surface area contributed by atoms with Gasteiger partial charge in [-0.3, -0.25) is 0 Å². The Morgan fingerprint density at radius 2 is 2.11 bits per heavy atom. The standard InChI is InChI=1S/C11H9Cl2N3O2/c1-7-2-3-8(9(12)4-7)5-15-6-10(13)11(14-15)16(17)18/h2-4,6H,5H2,1H3. The molecule has 2 aromatic rings. The zero-order valence-electron chi connectivity index (χ0n) is 9.43. The zero-order chi connectivity index (χ0) is 13.3. The summed E-state index contributed by atoms with van der Waals surface area (Å²) in [6, 6.07) is 5.61. The van der Waals surface area contributed by atoms with Crippen LogP contribution in [0, 0.1) is 17.0 Å². The highest BCUT2D eigenvalue weighted by Gasteiger charge is 2.19. The Morgan fingerprint density at radius 3 is 2.67 bits per heavy atom. The van der Waals surface area contributed by atoms with Crippen LogP contribution in [0.5, 0.6) is 0 Å². The van der Waals surface area contributed by atoms with Gasteiger partial charge in [0.1, 0.15) is 0 Å². The second kappa shape index (κ2) is 4.96. The average molecular weight is 286 g/mol. The van der Waals surface area contributed by atoms with Gasteiger partial charge in [0, 0.05) is 5.02 Å². The van der Waals surface area contributed by atoms with Crippen LogP contribution >= 0.6 is 23.2 Å². The fourth-order valence-corrected chi connectivity index (χ4v) is 2.06. The molecule has 7 heteroatoms. The molecule has 0 amide bonds. The van der Waals surface area contributed by atoms with Gasteiger partial charge in [0.25, 0.3) is 0 Å². The number of benzene rings is 1. The lowest BCUT2D eigenvalue weighted by atomic mass is 10.1. The minimum Gasteiger partial charge on any atom is -0.358 e. The minimum absolute atomic E-state index is 0.0169. The van der Waals surface area contributed by atoms with E-state index in [2.05, 4.69) is 5.10 Å². The summed E-state index contributed by atoms with van der Waals surface area (Å²) in [5, 5.41) is 15.0. The molecule has 94 valence electrons. The molecule has 1 aromatic heterocycles. The molecule has 1 aromatic carbocycles. The molecule has 0 aliphatic carbocycles. The maximum absolute atomic E-state index is 10.6. The van der Waals surface area contributed by atoms with Crippen LogP contribution in [-0.4, -0.2) is 14.7 Å². The molecule has 18 heavy (non-hydrogen) atoms. The summed E-state index contributed by atoms with van der Waals surface area (Å²) in [4.78, 5) is 10.0. The topological polar surface area (TPSA) is 61.0 Å². The molecule has 0 atom stereocenters. The number of nitro groups is 1. The number of nitrogens with zero attached hydrogens (tertiary/aromatic N) is 3. The summed E-state index contributed by atoms with van der Waals surface area (Å²) >= 11 is 11.8. The Labute approximate surface area is 113 Å². The van der Waals surface area contributed by atoms with Crippen molar-refractivity contribution in [3.05, 3.63) is 55.7 Å². The maximum atomic E-state index is 10.6. The van der Waals surface area contributed by atoms with E-state index < -0.39 is 4.92 Å². The predicted molar refractivity (Wildman–Crippen MR) is 69.2 cm³/mol. The monoisotopic (exact) mass is 285 g/mol. The molecule has 5 nitrogen and oxygen atoms in total. The predicted octanol–water partition coefficient (Wildman–Crippen LogP) is 3.45. The lowest BCUT2D eigenvalue weighted by Gasteiger charge is -2.02. The molecule has 0 saturated carbocycles. The molecule has 0 spiro atoms. The molecule has 0 aliphatic heterocycles. The van der Waals surface area contributed by atoms with Gasteiger partial charge in [0.05, 0.1) is 17.8 Å². The first kappa shape index (κ1) is 12.9. The van der Waals surface area contributed by atoms with Gasteiger partial charge in [-0.15, -0.1) is 0 Å². The molecule has 1 heterocycles. The van der Waals surface area contributed by atoms with Crippen LogP contribution in [0.3, 0.4) is 0 Å². The van der Waals surface area contributed by atoms with E-state index in [1.54, 1.807) is 0 Å². The summed E-state index contributed by atoms with van der Waals surface area (Å²) in [6.07, 6.45) is 1.41. The Morgan fingerprint density at radius 1 is 1.39 bits per heavy atom. The van der Waals surface area contributed by atoms with E-state index in [0.29, 0.717) is 11.6 Å². The van der Waals surface area contributed by atoms with Crippen molar-refractivity contribution in [2.75, 3.05) is 0 Å². The Hall–Kier alpha value is -1.59. The van der Waals surface area contributed by atoms with Gasteiger partial charge >= 0.3 is 5.82 Å². The second-order valence-corrected chi connectivity index (χ2v) is 4.66. The van der Waals surface area contributed by atoms with E-state index in [1.807, 2.05) is 25.1 Å². The molecule has 0 bridgehead atoms. The SMILES string of the molecule is Cc1ccc(Cn2cc(Cl)c([N+](=O)[O-])n2)c(Cl)c1. The van der Waals surface area contributed by atoms with Gasteiger partial charge in [0.2, 0.25) is 0 Å². The van der Waals surface area contributed by atoms with Crippen LogP contribution in [-0.2, 0) is 6.54 Å². The van der Waals surface area contributed by atoms with E-state index in [9.17, 15) is 10.1 Å². The molecular formula is C11H9Cl2N3O2. The Bertz CT molecular complexity index is 610. The van der Waals surface area contributed by atoms with Crippen LogP contribution in [0.4, 0.5) is 5.82 Å². The fraction of sp³-hybridized carbons (Fsp3) is 0.182. The lowest BCUT2D eigenvalue weighted by molar-refractivity contribution is -0.389. The fourth-order valence-electron chi connectivity index (χ4n) is 1.55. The summed E-state index contributed by atoms with van der Waals surface area (Å²) < 4.78 is 1.40. The number of hydrogen-bond donors (Lipinski definition) is 0. The molecule has 0 fully saturated rings. The highest BCUT2D eigenvalue weighted by atomic mass is 35.5. The quantitative estimate of drug-likeness (QED) is 0.641. The first-order valence-corrected chi connectivity index (χ1v) is 5.85. The maximum Gasteiger partial charge on any atom is 0.408 e. The molecule has 0 radical (unpaired) electrons. The minimum atomic E-state index is -0.615. The van der Waals surface area contributed by atoms with Gasteiger partial charge in [-0.2, -0.15) is 4.68 Å². The van der Waals surface area contributed by atoms with Crippen molar-refractivity contribution in [3.63, 3.8) is 0 Å².